The van der Waals surface area contributed by atoms with Gasteiger partial charge in [0.25, 0.3) is 0 Å². The lowest BCUT2D eigenvalue weighted by Crippen LogP contribution is -2.45. The number of amides is 1. The Morgan fingerprint density at radius 3 is 1.38 bits per heavy atom. The van der Waals surface area contributed by atoms with E-state index in [2.05, 4.69) is 67.8 Å². The number of hydrogen-bond donors (Lipinski definition) is 3. The minimum atomic E-state index is -0.836. The third kappa shape index (κ3) is 35.4. The van der Waals surface area contributed by atoms with Gasteiger partial charge in [0.2, 0.25) is 5.91 Å². The van der Waals surface area contributed by atoms with Gasteiger partial charge < -0.3 is 15.5 Å². The predicted octanol–water partition coefficient (Wildman–Crippen LogP) is 12.6. The minimum absolute atomic E-state index is 0.0706. The van der Waals surface area contributed by atoms with Gasteiger partial charge in [0.15, 0.2) is 0 Å². The second-order valence-electron chi connectivity index (χ2n) is 13.7. The maximum Gasteiger partial charge on any atom is 0.220 e. The first-order chi connectivity index (χ1) is 23.7. The lowest BCUT2D eigenvalue weighted by molar-refractivity contribution is -0.123. The molecular weight excluding hydrogens is 590 g/mol. The van der Waals surface area contributed by atoms with Crippen molar-refractivity contribution in [1.82, 2.24) is 5.32 Å². The van der Waals surface area contributed by atoms with Gasteiger partial charge in [-0.2, -0.15) is 0 Å². The molecule has 0 aromatic heterocycles. The van der Waals surface area contributed by atoms with Gasteiger partial charge in [-0.3, -0.25) is 4.79 Å². The minimum Gasteiger partial charge on any atom is -0.394 e. The Balaban J connectivity index is 3.46. The summed E-state index contributed by atoms with van der Waals surface area (Å²) in [6, 6.07) is -0.619. The molecule has 0 aliphatic rings. The highest BCUT2D eigenvalue weighted by Gasteiger charge is 2.17. The fraction of sp³-hybridized carbons (Fsp3) is 0.750. The van der Waals surface area contributed by atoms with E-state index in [1.165, 1.54) is 122 Å². The van der Waals surface area contributed by atoms with Crippen LogP contribution in [-0.4, -0.2) is 34.9 Å². The van der Waals surface area contributed by atoms with E-state index >= 15 is 0 Å². The molecule has 0 saturated heterocycles. The summed E-state index contributed by atoms with van der Waals surface area (Å²) in [4.78, 5) is 12.3. The van der Waals surface area contributed by atoms with Crippen molar-refractivity contribution in [2.75, 3.05) is 6.61 Å². The van der Waals surface area contributed by atoms with Crippen molar-refractivity contribution in [1.29, 1.82) is 0 Å². The lowest BCUT2D eigenvalue weighted by atomic mass is 10.0. The smallest absolute Gasteiger partial charge is 0.220 e. The molecule has 0 fully saturated rings. The fourth-order valence-electron chi connectivity index (χ4n) is 5.87. The van der Waals surface area contributed by atoms with Crippen LogP contribution < -0.4 is 5.32 Å². The van der Waals surface area contributed by atoms with Crippen LogP contribution in [0.2, 0.25) is 0 Å². The normalized spacial score (nSPS) is 13.7. The standard InChI is InChI=1S/C44H79NO3/c1-3-5-7-9-11-12-13-14-15-16-17-18-19-20-21-22-23-24-25-26-27-28-29-30-31-32-34-36-38-40-44(48)45-42(41-46)43(47)39-37-35-33-10-8-6-4-2/h5,7,11-12,14-15,17-18,37,39,42-43,46-47H,3-4,6,8-10,13,16,19-36,38,40-41H2,1-2H3,(H,45,48)/b7-5-,12-11-,15-14-,18-17-,39-37+. The van der Waals surface area contributed by atoms with Crippen molar-refractivity contribution in [3.8, 4) is 0 Å². The average Bonchev–Trinajstić information content (AvgIpc) is 3.09. The van der Waals surface area contributed by atoms with E-state index < -0.39 is 12.1 Å². The number of hydrogen-bond acceptors (Lipinski definition) is 3. The molecule has 1 amide bonds. The Bertz CT molecular complexity index is 812. The number of nitrogens with one attached hydrogen (secondary N) is 1. The lowest BCUT2D eigenvalue weighted by Gasteiger charge is -2.20. The molecule has 0 heterocycles. The van der Waals surface area contributed by atoms with Gasteiger partial charge in [0, 0.05) is 6.42 Å². The van der Waals surface area contributed by atoms with E-state index in [0.717, 1.165) is 51.4 Å². The van der Waals surface area contributed by atoms with Crippen molar-refractivity contribution in [3.05, 3.63) is 60.8 Å². The predicted molar refractivity (Wildman–Crippen MR) is 211 cm³/mol. The Morgan fingerprint density at radius 1 is 0.521 bits per heavy atom. The molecule has 0 rings (SSSR count). The summed E-state index contributed by atoms with van der Waals surface area (Å²) < 4.78 is 0. The van der Waals surface area contributed by atoms with Crippen molar-refractivity contribution in [2.45, 2.75) is 206 Å². The van der Waals surface area contributed by atoms with E-state index in [4.69, 9.17) is 0 Å². The highest BCUT2D eigenvalue weighted by atomic mass is 16.3. The second kappa shape index (κ2) is 39.5. The molecule has 0 aromatic rings. The Hall–Kier alpha value is -1.91. The van der Waals surface area contributed by atoms with Crippen molar-refractivity contribution < 1.29 is 15.0 Å². The number of allylic oxidation sites excluding steroid dienone is 9. The molecule has 48 heavy (non-hydrogen) atoms. The van der Waals surface area contributed by atoms with Gasteiger partial charge >= 0.3 is 0 Å². The second-order valence-corrected chi connectivity index (χ2v) is 13.7. The summed E-state index contributed by atoms with van der Waals surface area (Å²) in [5.74, 6) is -0.0706. The number of unbranched alkanes of at least 4 members (excludes halogenated alkanes) is 21. The van der Waals surface area contributed by atoms with Crippen molar-refractivity contribution in [3.63, 3.8) is 0 Å². The Kier molecular flexibility index (Phi) is 38.0. The number of rotatable bonds is 36. The summed E-state index contributed by atoms with van der Waals surface area (Å²) >= 11 is 0. The molecule has 2 atom stereocenters. The molecule has 0 aliphatic heterocycles. The average molecular weight is 670 g/mol. The van der Waals surface area contributed by atoms with Crippen LogP contribution in [0.4, 0.5) is 0 Å². The molecule has 2 unspecified atom stereocenters. The molecule has 4 nitrogen and oxygen atoms in total. The first kappa shape index (κ1) is 46.1. The zero-order valence-electron chi connectivity index (χ0n) is 31.7. The highest BCUT2D eigenvalue weighted by molar-refractivity contribution is 5.76. The molecular formula is C44H79NO3. The molecule has 0 radical (unpaired) electrons. The molecule has 4 heteroatoms. The number of carbonyl (C=O) groups excluding carboxylic acids is 1. The quantitative estimate of drug-likeness (QED) is 0.0459. The van der Waals surface area contributed by atoms with Crippen LogP contribution >= 0.6 is 0 Å². The largest absolute Gasteiger partial charge is 0.394 e. The zero-order chi connectivity index (χ0) is 35.0. The number of carbonyl (C=O) groups is 1. The van der Waals surface area contributed by atoms with Crippen LogP contribution in [0.5, 0.6) is 0 Å². The van der Waals surface area contributed by atoms with Crippen molar-refractivity contribution >= 4 is 5.91 Å². The van der Waals surface area contributed by atoms with Crippen LogP contribution in [0.25, 0.3) is 0 Å². The topological polar surface area (TPSA) is 69.6 Å². The molecule has 3 N–H and O–H groups in total. The van der Waals surface area contributed by atoms with Gasteiger partial charge in [-0.1, -0.05) is 190 Å². The molecule has 0 spiro atoms. The summed E-state index contributed by atoms with van der Waals surface area (Å²) in [5.41, 5.74) is 0. The number of aliphatic hydroxyl groups excluding tert-OH is 2. The Morgan fingerprint density at radius 2 is 0.917 bits per heavy atom. The molecule has 278 valence electrons. The third-order valence-corrected chi connectivity index (χ3v) is 9.01. The maximum absolute atomic E-state index is 12.3. The summed E-state index contributed by atoms with van der Waals surface area (Å²) in [6.45, 7) is 4.13. The third-order valence-electron chi connectivity index (χ3n) is 9.01. The van der Waals surface area contributed by atoms with Gasteiger partial charge in [-0.15, -0.1) is 0 Å². The SMILES string of the molecule is CC/C=C\C/C=C\C/C=C\C/C=C\CCCCCCCCCCCCCCCCCCC(=O)NC(CO)C(O)/C=C/CCCCCCC. The first-order valence-electron chi connectivity index (χ1n) is 20.5. The van der Waals surface area contributed by atoms with Crippen LogP contribution in [0.3, 0.4) is 0 Å². The summed E-state index contributed by atoms with van der Waals surface area (Å²) in [5, 5.41) is 22.7. The van der Waals surface area contributed by atoms with E-state index in [0.29, 0.717) is 6.42 Å². The van der Waals surface area contributed by atoms with Crippen LogP contribution in [0.1, 0.15) is 194 Å². The van der Waals surface area contributed by atoms with E-state index in [1.54, 1.807) is 6.08 Å². The summed E-state index contributed by atoms with van der Waals surface area (Å²) in [6.07, 6.45) is 54.9. The van der Waals surface area contributed by atoms with Gasteiger partial charge in [0.1, 0.15) is 0 Å². The molecule has 0 saturated carbocycles. The van der Waals surface area contributed by atoms with Gasteiger partial charge in [0.05, 0.1) is 18.8 Å². The zero-order valence-corrected chi connectivity index (χ0v) is 31.7. The molecule has 0 bridgehead atoms. The summed E-state index contributed by atoms with van der Waals surface area (Å²) in [7, 11) is 0. The van der Waals surface area contributed by atoms with E-state index in [-0.39, 0.29) is 12.5 Å². The molecule has 0 aromatic carbocycles. The van der Waals surface area contributed by atoms with E-state index in [1.807, 2.05) is 6.08 Å². The van der Waals surface area contributed by atoms with Crippen LogP contribution in [-0.2, 0) is 4.79 Å². The van der Waals surface area contributed by atoms with Crippen LogP contribution in [0, 0.1) is 0 Å². The fourth-order valence-corrected chi connectivity index (χ4v) is 5.87. The van der Waals surface area contributed by atoms with Crippen LogP contribution in [0.15, 0.2) is 60.8 Å². The molecule has 0 aliphatic carbocycles. The monoisotopic (exact) mass is 670 g/mol. The maximum atomic E-state index is 12.3. The van der Waals surface area contributed by atoms with Crippen molar-refractivity contribution in [2.24, 2.45) is 0 Å². The van der Waals surface area contributed by atoms with Gasteiger partial charge in [-0.25, -0.2) is 0 Å². The van der Waals surface area contributed by atoms with E-state index in [9.17, 15) is 15.0 Å². The Labute approximate surface area is 298 Å². The number of aliphatic hydroxyl groups is 2. The highest BCUT2D eigenvalue weighted by Crippen LogP contribution is 2.15. The first-order valence-corrected chi connectivity index (χ1v) is 20.5. The van der Waals surface area contributed by atoms with Gasteiger partial charge in [-0.05, 0) is 57.8 Å².